The maximum Gasteiger partial charge on any atom is 0.0953 e. The minimum absolute atomic E-state index is 0.730. The Morgan fingerprint density at radius 2 is 1.95 bits per heavy atom. The van der Waals surface area contributed by atoms with Gasteiger partial charge >= 0.3 is 0 Å². The molecule has 0 spiro atoms. The van der Waals surface area contributed by atoms with Gasteiger partial charge in [0, 0.05) is 25.3 Å². The Bertz CT molecular complexity index is 751. The van der Waals surface area contributed by atoms with Crippen LogP contribution in [0.15, 0.2) is 55.0 Å². The second-order valence-corrected chi connectivity index (χ2v) is 5.83. The summed E-state index contributed by atoms with van der Waals surface area (Å²) in [6.07, 6.45) is 6.72. The minimum Gasteiger partial charge on any atom is -0.333 e. The van der Waals surface area contributed by atoms with E-state index in [2.05, 4.69) is 63.5 Å². The standard InChI is InChI=1S/C18H19N3/c1-2-7-18-14(4-1)5-3-6-15(18)11-21-12-17(20-13-21)10-19-16-8-9-16/h1-7,12-13,16,19H,8-11H2. The molecule has 1 saturated carbocycles. The predicted octanol–water partition coefficient (Wildman–Crippen LogP) is 3.34. The first-order valence-electron chi connectivity index (χ1n) is 7.59. The van der Waals surface area contributed by atoms with Gasteiger partial charge in [0.1, 0.15) is 0 Å². The quantitative estimate of drug-likeness (QED) is 0.775. The number of hydrogen-bond acceptors (Lipinski definition) is 2. The molecule has 0 aliphatic heterocycles. The van der Waals surface area contributed by atoms with Gasteiger partial charge in [0.15, 0.2) is 0 Å². The minimum atomic E-state index is 0.730. The summed E-state index contributed by atoms with van der Waals surface area (Å²) in [6.45, 7) is 1.75. The van der Waals surface area contributed by atoms with Crippen molar-refractivity contribution in [1.82, 2.24) is 14.9 Å². The van der Waals surface area contributed by atoms with Gasteiger partial charge in [-0.25, -0.2) is 4.98 Å². The Morgan fingerprint density at radius 3 is 2.86 bits per heavy atom. The van der Waals surface area contributed by atoms with E-state index in [-0.39, 0.29) is 0 Å². The molecule has 3 nitrogen and oxygen atoms in total. The number of fused-ring (bicyclic) bond motifs is 1. The van der Waals surface area contributed by atoms with Crippen molar-refractivity contribution < 1.29 is 0 Å². The Hall–Kier alpha value is -2.13. The van der Waals surface area contributed by atoms with Crippen LogP contribution in [0.5, 0.6) is 0 Å². The third-order valence-corrected chi connectivity index (χ3v) is 4.07. The molecule has 0 radical (unpaired) electrons. The molecule has 1 aliphatic rings. The molecule has 3 aromatic rings. The smallest absolute Gasteiger partial charge is 0.0953 e. The number of nitrogens with one attached hydrogen (secondary N) is 1. The van der Waals surface area contributed by atoms with E-state index in [1.54, 1.807) is 0 Å². The number of aromatic nitrogens is 2. The van der Waals surface area contributed by atoms with Crippen LogP contribution in [0.2, 0.25) is 0 Å². The molecule has 0 amide bonds. The van der Waals surface area contributed by atoms with Crippen molar-refractivity contribution in [1.29, 1.82) is 0 Å². The first kappa shape index (κ1) is 12.6. The van der Waals surface area contributed by atoms with Crippen LogP contribution >= 0.6 is 0 Å². The van der Waals surface area contributed by atoms with Gasteiger partial charge in [-0.2, -0.15) is 0 Å². The van der Waals surface area contributed by atoms with Crippen LogP contribution in [0.3, 0.4) is 0 Å². The zero-order chi connectivity index (χ0) is 14.1. The van der Waals surface area contributed by atoms with E-state index in [1.807, 2.05) is 6.33 Å². The second kappa shape index (κ2) is 5.34. The van der Waals surface area contributed by atoms with Crippen LogP contribution in [-0.2, 0) is 13.1 Å². The predicted molar refractivity (Wildman–Crippen MR) is 85.1 cm³/mol. The lowest BCUT2D eigenvalue weighted by Crippen LogP contribution is -2.15. The third kappa shape index (κ3) is 2.83. The molecule has 0 unspecified atom stereocenters. The monoisotopic (exact) mass is 277 g/mol. The fraction of sp³-hybridized carbons (Fsp3) is 0.278. The molecule has 21 heavy (non-hydrogen) atoms. The third-order valence-electron chi connectivity index (χ3n) is 4.07. The Kier molecular flexibility index (Phi) is 3.20. The van der Waals surface area contributed by atoms with E-state index in [9.17, 15) is 0 Å². The zero-order valence-corrected chi connectivity index (χ0v) is 12.0. The average molecular weight is 277 g/mol. The number of nitrogens with zero attached hydrogens (tertiary/aromatic N) is 2. The maximum absolute atomic E-state index is 4.49. The van der Waals surface area contributed by atoms with Crippen LogP contribution in [0.25, 0.3) is 10.8 Å². The van der Waals surface area contributed by atoms with Crippen LogP contribution < -0.4 is 5.32 Å². The largest absolute Gasteiger partial charge is 0.333 e. The molecule has 0 bridgehead atoms. The number of benzene rings is 2. The molecule has 0 saturated heterocycles. The summed E-state index contributed by atoms with van der Waals surface area (Å²) < 4.78 is 2.17. The Morgan fingerprint density at radius 1 is 1.10 bits per heavy atom. The lowest BCUT2D eigenvalue weighted by atomic mass is 10.0. The topological polar surface area (TPSA) is 29.9 Å². The van der Waals surface area contributed by atoms with Crippen molar-refractivity contribution in [2.75, 3.05) is 0 Å². The van der Waals surface area contributed by atoms with E-state index in [0.29, 0.717) is 0 Å². The van der Waals surface area contributed by atoms with Crippen molar-refractivity contribution in [3.05, 3.63) is 66.2 Å². The highest BCUT2D eigenvalue weighted by Crippen LogP contribution is 2.20. The summed E-state index contributed by atoms with van der Waals surface area (Å²) in [6, 6.07) is 15.8. The van der Waals surface area contributed by atoms with Gasteiger partial charge in [0.25, 0.3) is 0 Å². The highest BCUT2D eigenvalue weighted by molar-refractivity contribution is 5.85. The number of imidazole rings is 1. The molecular formula is C18H19N3. The summed E-state index contributed by atoms with van der Waals surface area (Å²) >= 11 is 0. The summed E-state index contributed by atoms with van der Waals surface area (Å²) in [4.78, 5) is 4.49. The molecule has 4 rings (SSSR count). The van der Waals surface area contributed by atoms with Crippen molar-refractivity contribution in [2.24, 2.45) is 0 Å². The number of hydrogen-bond donors (Lipinski definition) is 1. The molecule has 106 valence electrons. The van der Waals surface area contributed by atoms with Crippen molar-refractivity contribution in [3.63, 3.8) is 0 Å². The van der Waals surface area contributed by atoms with Crippen LogP contribution in [0.4, 0.5) is 0 Å². The van der Waals surface area contributed by atoms with Gasteiger partial charge in [-0.1, -0.05) is 42.5 Å². The Balaban J connectivity index is 1.53. The van der Waals surface area contributed by atoms with Crippen LogP contribution in [0.1, 0.15) is 24.1 Å². The summed E-state index contributed by atoms with van der Waals surface area (Å²) in [5.74, 6) is 0. The first-order chi connectivity index (χ1) is 10.4. The summed E-state index contributed by atoms with van der Waals surface area (Å²) in [5, 5.41) is 6.13. The van der Waals surface area contributed by atoms with E-state index >= 15 is 0 Å². The van der Waals surface area contributed by atoms with E-state index in [0.717, 1.165) is 24.8 Å². The molecule has 2 aromatic carbocycles. The van der Waals surface area contributed by atoms with Crippen molar-refractivity contribution in [3.8, 4) is 0 Å². The highest BCUT2D eigenvalue weighted by Gasteiger charge is 2.20. The molecule has 1 N–H and O–H groups in total. The van der Waals surface area contributed by atoms with Gasteiger partial charge in [-0.15, -0.1) is 0 Å². The van der Waals surface area contributed by atoms with E-state index in [1.165, 1.54) is 29.2 Å². The van der Waals surface area contributed by atoms with Crippen LogP contribution in [0, 0.1) is 0 Å². The van der Waals surface area contributed by atoms with Gasteiger partial charge in [0.2, 0.25) is 0 Å². The van der Waals surface area contributed by atoms with Crippen LogP contribution in [-0.4, -0.2) is 15.6 Å². The molecule has 1 heterocycles. The molecule has 3 heteroatoms. The lowest BCUT2D eigenvalue weighted by molar-refractivity contribution is 0.676. The maximum atomic E-state index is 4.49. The van der Waals surface area contributed by atoms with Crippen molar-refractivity contribution >= 4 is 10.8 Å². The molecule has 1 fully saturated rings. The Labute approximate surface area is 124 Å². The zero-order valence-electron chi connectivity index (χ0n) is 12.0. The summed E-state index contributed by atoms with van der Waals surface area (Å²) in [5.41, 5.74) is 2.47. The fourth-order valence-corrected chi connectivity index (χ4v) is 2.75. The SMILES string of the molecule is c1ccc2c(Cn3cnc(CNC4CC4)c3)cccc2c1. The van der Waals surface area contributed by atoms with E-state index in [4.69, 9.17) is 0 Å². The normalized spacial score (nSPS) is 14.7. The van der Waals surface area contributed by atoms with E-state index < -0.39 is 0 Å². The molecular weight excluding hydrogens is 258 g/mol. The molecule has 0 atom stereocenters. The average Bonchev–Trinajstić information content (AvgIpc) is 3.25. The second-order valence-electron chi connectivity index (χ2n) is 5.83. The van der Waals surface area contributed by atoms with Gasteiger partial charge in [0.05, 0.1) is 12.0 Å². The molecule has 1 aliphatic carbocycles. The molecule has 1 aromatic heterocycles. The van der Waals surface area contributed by atoms with Gasteiger partial charge in [-0.05, 0) is 29.2 Å². The number of rotatable bonds is 5. The van der Waals surface area contributed by atoms with Gasteiger partial charge < -0.3 is 9.88 Å². The fourth-order valence-electron chi connectivity index (χ4n) is 2.75. The summed E-state index contributed by atoms with van der Waals surface area (Å²) in [7, 11) is 0. The highest BCUT2D eigenvalue weighted by atomic mass is 15.1. The van der Waals surface area contributed by atoms with Crippen molar-refractivity contribution in [2.45, 2.75) is 32.0 Å². The van der Waals surface area contributed by atoms with Gasteiger partial charge in [-0.3, -0.25) is 0 Å². The lowest BCUT2D eigenvalue weighted by Gasteiger charge is -2.07. The first-order valence-corrected chi connectivity index (χ1v) is 7.59.